The van der Waals surface area contributed by atoms with Gasteiger partial charge in [0.2, 0.25) is 0 Å². The van der Waals surface area contributed by atoms with Gasteiger partial charge in [0.05, 0.1) is 0 Å². The molecule has 98 valence electrons. The van der Waals surface area contributed by atoms with Gasteiger partial charge in [0.1, 0.15) is 0 Å². The Balaban J connectivity index is 1.84. The number of rotatable bonds is 6. The standard InChI is InChI=1S/C16H29N/c1-5-14(6-2)11(3)17-12(4)16-10-13-7-8-15(16)9-13/h7-8,11-17H,5-6,9-10H2,1-4H3. The van der Waals surface area contributed by atoms with Crippen molar-refractivity contribution in [3.8, 4) is 0 Å². The second-order valence-corrected chi connectivity index (χ2v) is 6.26. The summed E-state index contributed by atoms with van der Waals surface area (Å²) in [6, 6.07) is 1.36. The van der Waals surface area contributed by atoms with Gasteiger partial charge in [0.15, 0.2) is 0 Å². The summed E-state index contributed by atoms with van der Waals surface area (Å²) in [4.78, 5) is 0. The van der Waals surface area contributed by atoms with Gasteiger partial charge in [-0.15, -0.1) is 0 Å². The molecule has 0 amide bonds. The van der Waals surface area contributed by atoms with Crippen molar-refractivity contribution in [2.75, 3.05) is 0 Å². The molecule has 1 heteroatoms. The normalized spacial score (nSPS) is 34.5. The van der Waals surface area contributed by atoms with Crippen LogP contribution in [0.1, 0.15) is 53.4 Å². The Kier molecular flexibility index (Phi) is 4.30. The van der Waals surface area contributed by atoms with Crippen LogP contribution >= 0.6 is 0 Å². The molecular weight excluding hydrogens is 206 g/mol. The number of hydrogen-bond donors (Lipinski definition) is 1. The third-order valence-electron chi connectivity index (χ3n) is 5.25. The number of nitrogens with one attached hydrogen (secondary N) is 1. The molecule has 2 aliphatic rings. The second kappa shape index (κ2) is 5.56. The Morgan fingerprint density at radius 1 is 1.12 bits per heavy atom. The summed E-state index contributed by atoms with van der Waals surface area (Å²) in [5, 5.41) is 3.87. The van der Waals surface area contributed by atoms with Crippen molar-refractivity contribution in [1.82, 2.24) is 5.32 Å². The molecule has 0 saturated heterocycles. The van der Waals surface area contributed by atoms with Gasteiger partial charge < -0.3 is 5.32 Å². The molecule has 2 aliphatic carbocycles. The monoisotopic (exact) mass is 235 g/mol. The first kappa shape index (κ1) is 13.1. The van der Waals surface area contributed by atoms with Crippen LogP contribution < -0.4 is 5.32 Å². The lowest BCUT2D eigenvalue weighted by molar-refractivity contribution is 0.260. The van der Waals surface area contributed by atoms with E-state index in [1.54, 1.807) is 0 Å². The molecule has 0 radical (unpaired) electrons. The van der Waals surface area contributed by atoms with Gasteiger partial charge in [0, 0.05) is 12.1 Å². The van der Waals surface area contributed by atoms with Crippen LogP contribution in [0.25, 0.3) is 0 Å². The van der Waals surface area contributed by atoms with Gasteiger partial charge in [-0.2, -0.15) is 0 Å². The third kappa shape index (κ3) is 2.76. The molecule has 1 fully saturated rings. The second-order valence-electron chi connectivity index (χ2n) is 6.26. The Labute approximate surface area is 107 Å². The van der Waals surface area contributed by atoms with Gasteiger partial charge in [-0.25, -0.2) is 0 Å². The topological polar surface area (TPSA) is 12.0 Å². The van der Waals surface area contributed by atoms with Crippen molar-refractivity contribution in [1.29, 1.82) is 0 Å². The van der Waals surface area contributed by atoms with Crippen LogP contribution in [0.4, 0.5) is 0 Å². The summed E-state index contributed by atoms with van der Waals surface area (Å²) >= 11 is 0. The van der Waals surface area contributed by atoms with E-state index in [1.807, 2.05) is 0 Å². The molecule has 1 nitrogen and oxygen atoms in total. The highest BCUT2D eigenvalue weighted by Gasteiger charge is 2.38. The van der Waals surface area contributed by atoms with Crippen LogP contribution in [0, 0.1) is 23.7 Å². The van der Waals surface area contributed by atoms with E-state index < -0.39 is 0 Å². The predicted octanol–water partition coefficient (Wildman–Crippen LogP) is 4.00. The Bertz CT molecular complexity index is 267. The van der Waals surface area contributed by atoms with Crippen LogP contribution in [0.15, 0.2) is 12.2 Å². The highest BCUT2D eigenvalue weighted by atomic mass is 15.0. The van der Waals surface area contributed by atoms with Crippen LogP contribution in [0.3, 0.4) is 0 Å². The Hall–Kier alpha value is -0.300. The van der Waals surface area contributed by atoms with Crippen LogP contribution in [-0.2, 0) is 0 Å². The number of allylic oxidation sites excluding steroid dienone is 2. The number of fused-ring (bicyclic) bond motifs is 2. The van der Waals surface area contributed by atoms with Crippen molar-refractivity contribution >= 4 is 0 Å². The first-order valence-electron chi connectivity index (χ1n) is 7.60. The average molecular weight is 235 g/mol. The van der Waals surface area contributed by atoms with Crippen molar-refractivity contribution in [3.63, 3.8) is 0 Å². The van der Waals surface area contributed by atoms with Crippen molar-refractivity contribution in [2.45, 2.75) is 65.5 Å². The Morgan fingerprint density at radius 3 is 2.29 bits per heavy atom. The van der Waals surface area contributed by atoms with Crippen LogP contribution in [0.5, 0.6) is 0 Å². The average Bonchev–Trinajstić information content (AvgIpc) is 2.92. The highest BCUT2D eigenvalue weighted by molar-refractivity contribution is 5.11. The predicted molar refractivity (Wildman–Crippen MR) is 75.0 cm³/mol. The molecule has 0 aromatic rings. The fourth-order valence-corrected chi connectivity index (χ4v) is 4.07. The van der Waals surface area contributed by atoms with E-state index in [-0.39, 0.29) is 0 Å². The molecule has 0 aromatic heterocycles. The fourth-order valence-electron chi connectivity index (χ4n) is 4.07. The maximum absolute atomic E-state index is 3.87. The molecule has 2 bridgehead atoms. The zero-order valence-corrected chi connectivity index (χ0v) is 11.9. The molecular formula is C16H29N. The molecule has 0 aromatic carbocycles. The minimum Gasteiger partial charge on any atom is -0.311 e. The van der Waals surface area contributed by atoms with E-state index in [4.69, 9.17) is 0 Å². The van der Waals surface area contributed by atoms with E-state index in [1.165, 1.54) is 25.7 Å². The lowest BCUT2D eigenvalue weighted by atomic mass is 9.86. The third-order valence-corrected chi connectivity index (χ3v) is 5.25. The summed E-state index contributed by atoms with van der Waals surface area (Å²) in [6.07, 6.45) is 10.4. The molecule has 5 unspecified atom stereocenters. The Morgan fingerprint density at radius 2 is 1.82 bits per heavy atom. The van der Waals surface area contributed by atoms with Gasteiger partial charge in [-0.1, -0.05) is 38.8 Å². The largest absolute Gasteiger partial charge is 0.311 e. The molecule has 1 N–H and O–H groups in total. The molecule has 5 atom stereocenters. The minimum absolute atomic E-state index is 0.670. The van der Waals surface area contributed by atoms with Crippen molar-refractivity contribution < 1.29 is 0 Å². The maximum atomic E-state index is 3.87. The van der Waals surface area contributed by atoms with E-state index in [9.17, 15) is 0 Å². The summed E-state index contributed by atoms with van der Waals surface area (Å²) in [5.74, 6) is 3.50. The number of hydrogen-bond acceptors (Lipinski definition) is 1. The molecule has 1 saturated carbocycles. The SMILES string of the molecule is CCC(CC)C(C)NC(C)C1CC2C=CC1C2. The summed E-state index contributed by atoms with van der Waals surface area (Å²) < 4.78 is 0. The van der Waals surface area contributed by atoms with Gasteiger partial charge in [0.25, 0.3) is 0 Å². The summed E-state index contributed by atoms with van der Waals surface area (Å²) in [7, 11) is 0. The molecule has 0 spiro atoms. The first-order valence-corrected chi connectivity index (χ1v) is 7.60. The molecule has 17 heavy (non-hydrogen) atoms. The summed E-state index contributed by atoms with van der Waals surface area (Å²) in [5.41, 5.74) is 0. The molecule has 0 heterocycles. The van der Waals surface area contributed by atoms with Crippen LogP contribution in [0.2, 0.25) is 0 Å². The fraction of sp³-hybridized carbons (Fsp3) is 0.875. The zero-order chi connectivity index (χ0) is 12.4. The van der Waals surface area contributed by atoms with Gasteiger partial charge >= 0.3 is 0 Å². The lowest BCUT2D eigenvalue weighted by Gasteiger charge is -2.32. The zero-order valence-electron chi connectivity index (χ0n) is 11.9. The smallest absolute Gasteiger partial charge is 0.00754 e. The quantitative estimate of drug-likeness (QED) is 0.686. The molecule has 0 aliphatic heterocycles. The minimum atomic E-state index is 0.670. The summed E-state index contributed by atoms with van der Waals surface area (Å²) in [6.45, 7) is 9.41. The van der Waals surface area contributed by atoms with Gasteiger partial charge in [-0.05, 0) is 50.4 Å². The van der Waals surface area contributed by atoms with E-state index in [2.05, 4.69) is 45.2 Å². The maximum Gasteiger partial charge on any atom is 0.00754 e. The lowest BCUT2D eigenvalue weighted by Crippen LogP contribution is -2.44. The van der Waals surface area contributed by atoms with E-state index >= 15 is 0 Å². The molecule has 2 rings (SSSR count). The van der Waals surface area contributed by atoms with E-state index in [0.29, 0.717) is 12.1 Å². The van der Waals surface area contributed by atoms with Crippen molar-refractivity contribution in [2.24, 2.45) is 23.7 Å². The van der Waals surface area contributed by atoms with Crippen molar-refractivity contribution in [3.05, 3.63) is 12.2 Å². The highest BCUT2D eigenvalue weighted by Crippen LogP contribution is 2.44. The van der Waals surface area contributed by atoms with Gasteiger partial charge in [-0.3, -0.25) is 0 Å². The van der Waals surface area contributed by atoms with Crippen LogP contribution in [-0.4, -0.2) is 12.1 Å². The van der Waals surface area contributed by atoms with E-state index in [0.717, 1.165) is 23.7 Å². The first-order chi connectivity index (χ1) is 8.15.